The molecular weight excluding hydrogens is 222 g/mol. The van der Waals surface area contributed by atoms with Gasteiger partial charge in [0.1, 0.15) is 0 Å². The highest BCUT2D eigenvalue weighted by Crippen LogP contribution is 2.16. The molecule has 0 aliphatic heterocycles. The summed E-state index contributed by atoms with van der Waals surface area (Å²) >= 11 is 1.66. The summed E-state index contributed by atoms with van der Waals surface area (Å²) in [4.78, 5) is 0. The molecule has 0 aromatic heterocycles. The minimum atomic E-state index is -0.634. The summed E-state index contributed by atoms with van der Waals surface area (Å²) in [7, 11) is 1.73. The lowest BCUT2D eigenvalue weighted by Crippen LogP contribution is -2.45. The van der Waals surface area contributed by atoms with E-state index in [9.17, 15) is 5.11 Å². The Bertz CT molecular complexity index is 195. The maximum atomic E-state index is 10.0. The van der Waals surface area contributed by atoms with Crippen LogP contribution in [0.5, 0.6) is 0 Å². The van der Waals surface area contributed by atoms with Gasteiger partial charge < -0.3 is 15.2 Å². The summed E-state index contributed by atoms with van der Waals surface area (Å²) in [5, 5.41) is 13.4. The summed E-state index contributed by atoms with van der Waals surface area (Å²) in [5.74, 6) is 0.750. The van der Waals surface area contributed by atoms with Crippen molar-refractivity contribution in [3.63, 3.8) is 0 Å². The zero-order valence-electron chi connectivity index (χ0n) is 11.5. The zero-order chi connectivity index (χ0) is 12.8. The molecule has 98 valence electrons. The third-order valence-electron chi connectivity index (χ3n) is 2.64. The second kappa shape index (κ2) is 6.84. The molecule has 0 radical (unpaired) electrons. The first kappa shape index (κ1) is 16.2. The van der Waals surface area contributed by atoms with E-state index in [1.54, 1.807) is 18.9 Å². The Hall–Kier alpha value is 0.230. The molecule has 0 aromatic rings. The van der Waals surface area contributed by atoms with E-state index in [-0.39, 0.29) is 5.60 Å². The molecule has 0 amide bonds. The number of hydrogen-bond donors (Lipinski definition) is 2. The van der Waals surface area contributed by atoms with Crippen LogP contribution in [0.25, 0.3) is 0 Å². The largest absolute Gasteiger partial charge is 0.388 e. The van der Waals surface area contributed by atoms with Gasteiger partial charge in [0.2, 0.25) is 0 Å². The molecule has 2 atom stereocenters. The predicted octanol–water partition coefficient (Wildman–Crippen LogP) is 1.89. The first-order valence-electron chi connectivity index (χ1n) is 5.72. The quantitative estimate of drug-likeness (QED) is 0.689. The van der Waals surface area contributed by atoms with E-state index >= 15 is 0 Å². The molecule has 0 heterocycles. The molecule has 0 aliphatic rings. The van der Waals surface area contributed by atoms with Crippen LogP contribution in [-0.2, 0) is 4.74 Å². The molecule has 2 N–H and O–H groups in total. The van der Waals surface area contributed by atoms with Crippen LogP contribution in [0.2, 0.25) is 0 Å². The van der Waals surface area contributed by atoms with E-state index in [0.717, 1.165) is 12.2 Å². The van der Waals surface area contributed by atoms with Crippen LogP contribution >= 0.6 is 11.8 Å². The highest BCUT2D eigenvalue weighted by atomic mass is 32.2. The molecule has 0 bridgehead atoms. The first-order valence-corrected chi connectivity index (χ1v) is 7.12. The van der Waals surface area contributed by atoms with Gasteiger partial charge in [0.15, 0.2) is 0 Å². The van der Waals surface area contributed by atoms with Crippen LogP contribution in [-0.4, -0.2) is 48.0 Å². The van der Waals surface area contributed by atoms with Crippen molar-refractivity contribution in [1.82, 2.24) is 5.32 Å². The van der Waals surface area contributed by atoms with Crippen molar-refractivity contribution in [2.75, 3.05) is 25.7 Å². The molecule has 0 spiro atoms. The van der Waals surface area contributed by atoms with Gasteiger partial charge in [-0.1, -0.05) is 0 Å². The van der Waals surface area contributed by atoms with Crippen molar-refractivity contribution < 1.29 is 9.84 Å². The van der Waals surface area contributed by atoms with E-state index in [4.69, 9.17) is 4.74 Å². The smallest absolute Gasteiger partial charge is 0.0833 e. The lowest BCUT2D eigenvalue weighted by Gasteiger charge is -2.30. The fourth-order valence-electron chi connectivity index (χ4n) is 1.65. The molecule has 2 unspecified atom stereocenters. The van der Waals surface area contributed by atoms with E-state index in [1.165, 1.54) is 0 Å². The van der Waals surface area contributed by atoms with Gasteiger partial charge in [-0.3, -0.25) is 0 Å². The Morgan fingerprint density at radius 3 is 2.38 bits per heavy atom. The number of thioether (sulfide) groups is 1. The summed E-state index contributed by atoms with van der Waals surface area (Å²) in [6, 6.07) is 0.336. The molecule has 0 rings (SSSR count). The highest BCUT2D eigenvalue weighted by molar-refractivity contribution is 7.98. The Balaban J connectivity index is 3.93. The van der Waals surface area contributed by atoms with Crippen LogP contribution < -0.4 is 5.32 Å². The topological polar surface area (TPSA) is 41.5 Å². The molecule has 4 heteroatoms. The number of hydrogen-bond acceptors (Lipinski definition) is 4. The Morgan fingerprint density at radius 1 is 1.38 bits per heavy atom. The average molecular weight is 249 g/mol. The minimum Gasteiger partial charge on any atom is -0.388 e. The van der Waals surface area contributed by atoms with Gasteiger partial charge in [0, 0.05) is 25.4 Å². The van der Waals surface area contributed by atoms with Gasteiger partial charge in [-0.2, -0.15) is 11.8 Å². The van der Waals surface area contributed by atoms with Crippen molar-refractivity contribution in [3.05, 3.63) is 0 Å². The molecule has 0 saturated heterocycles. The minimum absolute atomic E-state index is 0.113. The second-order valence-corrected chi connectivity index (χ2v) is 6.25. The highest BCUT2D eigenvalue weighted by Gasteiger charge is 2.23. The van der Waals surface area contributed by atoms with Gasteiger partial charge in [0.05, 0.1) is 11.2 Å². The molecule has 0 saturated carbocycles. The van der Waals surface area contributed by atoms with Crippen molar-refractivity contribution in [2.45, 2.75) is 51.4 Å². The normalized spacial score (nSPS) is 18.2. The van der Waals surface area contributed by atoms with Crippen LogP contribution in [0.15, 0.2) is 0 Å². The maximum Gasteiger partial charge on any atom is 0.0833 e. The number of ether oxygens (including phenoxy) is 1. The summed E-state index contributed by atoms with van der Waals surface area (Å²) in [5.41, 5.74) is -0.747. The Morgan fingerprint density at radius 2 is 1.94 bits per heavy atom. The Labute approximate surface area is 104 Å². The van der Waals surface area contributed by atoms with Crippen LogP contribution in [0.4, 0.5) is 0 Å². The van der Waals surface area contributed by atoms with Crippen LogP contribution in [0, 0.1) is 0 Å². The van der Waals surface area contributed by atoms with Gasteiger partial charge in [-0.05, 0) is 40.4 Å². The SMILES string of the molecule is COC(C)(C)CC(C)NCC(C)(O)CSC. The standard InChI is InChI=1S/C12H27NO2S/c1-10(7-11(2,3)15-5)13-8-12(4,14)9-16-6/h10,13-14H,7-9H2,1-6H3. The lowest BCUT2D eigenvalue weighted by atomic mass is 9.99. The van der Waals surface area contributed by atoms with Crippen molar-refractivity contribution >= 4 is 11.8 Å². The summed E-state index contributed by atoms with van der Waals surface area (Å²) in [6.07, 6.45) is 2.94. The molecule has 0 aromatic carbocycles. The zero-order valence-corrected chi connectivity index (χ0v) is 12.3. The molecular formula is C12H27NO2S. The van der Waals surface area contributed by atoms with Crippen LogP contribution in [0.1, 0.15) is 34.1 Å². The first-order chi connectivity index (χ1) is 7.22. The summed E-state index contributed by atoms with van der Waals surface area (Å²) in [6.45, 7) is 8.76. The average Bonchev–Trinajstić information content (AvgIpc) is 2.14. The maximum absolute atomic E-state index is 10.0. The van der Waals surface area contributed by atoms with Gasteiger partial charge in [-0.25, -0.2) is 0 Å². The number of rotatable bonds is 8. The molecule has 3 nitrogen and oxygen atoms in total. The number of nitrogens with one attached hydrogen (secondary N) is 1. The second-order valence-electron chi connectivity index (χ2n) is 5.38. The van der Waals surface area contributed by atoms with Crippen molar-refractivity contribution in [2.24, 2.45) is 0 Å². The number of methoxy groups -OCH3 is 1. The fraction of sp³-hybridized carbons (Fsp3) is 1.00. The van der Waals surface area contributed by atoms with Gasteiger partial charge in [0.25, 0.3) is 0 Å². The summed E-state index contributed by atoms with van der Waals surface area (Å²) < 4.78 is 5.38. The number of aliphatic hydroxyl groups is 1. The van der Waals surface area contributed by atoms with Gasteiger partial charge >= 0.3 is 0 Å². The van der Waals surface area contributed by atoms with Gasteiger partial charge in [-0.15, -0.1) is 0 Å². The molecule has 0 aliphatic carbocycles. The van der Waals surface area contributed by atoms with Crippen molar-refractivity contribution in [3.8, 4) is 0 Å². The molecule has 0 fully saturated rings. The monoisotopic (exact) mass is 249 g/mol. The third-order valence-corrected chi connectivity index (χ3v) is 3.55. The third kappa shape index (κ3) is 7.49. The lowest BCUT2D eigenvalue weighted by molar-refractivity contribution is 0.00559. The fourth-order valence-corrected chi connectivity index (χ4v) is 2.37. The van der Waals surface area contributed by atoms with Crippen molar-refractivity contribution in [1.29, 1.82) is 0 Å². The van der Waals surface area contributed by atoms with E-state index in [0.29, 0.717) is 12.6 Å². The van der Waals surface area contributed by atoms with E-state index in [2.05, 4.69) is 26.1 Å². The van der Waals surface area contributed by atoms with E-state index < -0.39 is 5.60 Å². The molecule has 16 heavy (non-hydrogen) atoms. The Kier molecular flexibility index (Phi) is 6.94. The van der Waals surface area contributed by atoms with Crippen LogP contribution in [0.3, 0.4) is 0 Å². The predicted molar refractivity (Wildman–Crippen MR) is 72.2 cm³/mol. The van der Waals surface area contributed by atoms with E-state index in [1.807, 2.05) is 13.2 Å².